The second-order valence-corrected chi connectivity index (χ2v) is 19.5. The van der Waals surface area contributed by atoms with Gasteiger partial charge in [-0.1, -0.05) is 64.1 Å². The maximum Gasteiger partial charge on any atom is 0.341 e. The van der Waals surface area contributed by atoms with Crippen LogP contribution in [0.2, 0.25) is 39.3 Å². The van der Waals surface area contributed by atoms with Crippen LogP contribution < -0.4 is 4.74 Å². The summed E-state index contributed by atoms with van der Waals surface area (Å²) in [7, 11) is -1.35. The normalized spacial score (nSPS) is 12.5. The summed E-state index contributed by atoms with van der Waals surface area (Å²) in [5.74, 6) is 0.624. The number of esters is 1. The predicted molar refractivity (Wildman–Crippen MR) is 114 cm³/mol. The van der Waals surface area contributed by atoms with Crippen molar-refractivity contribution in [1.82, 2.24) is 0 Å². The highest BCUT2D eigenvalue weighted by molar-refractivity contribution is 6.76. The van der Waals surface area contributed by atoms with Crippen molar-refractivity contribution < 1.29 is 19.0 Å². The van der Waals surface area contributed by atoms with Crippen molar-refractivity contribution in [2.24, 2.45) is 0 Å². The topological polar surface area (TPSA) is 44.8 Å². The lowest BCUT2D eigenvalue weighted by Crippen LogP contribution is -2.31. The summed E-state index contributed by atoms with van der Waals surface area (Å²) in [6.45, 7) is 17.0. The highest BCUT2D eigenvalue weighted by atomic mass is 28.3. The predicted octanol–water partition coefficient (Wildman–Crippen LogP) is 4.91. The number of carbonyl (C=O) groups excluding carboxylic acids is 1. The van der Waals surface area contributed by atoms with Gasteiger partial charge in [0.05, 0.1) is 35.7 Å². The molecule has 0 bridgehead atoms. The molecule has 4 nitrogen and oxygen atoms in total. The van der Waals surface area contributed by atoms with Crippen LogP contribution in [-0.2, 0) is 14.3 Å². The van der Waals surface area contributed by atoms with E-state index >= 15 is 0 Å². The van der Waals surface area contributed by atoms with Crippen LogP contribution in [-0.4, -0.2) is 41.7 Å². The van der Waals surface area contributed by atoms with Gasteiger partial charge in [-0.05, 0) is 12.1 Å². The van der Waals surface area contributed by atoms with Crippen molar-refractivity contribution in [2.75, 3.05) is 19.6 Å². The van der Waals surface area contributed by atoms with E-state index < -0.39 is 22.1 Å². The molecule has 0 aliphatic rings. The largest absolute Gasteiger partial charge is 0.497 e. The second kappa shape index (κ2) is 9.23. The Morgan fingerprint density at radius 2 is 1.54 bits per heavy atom. The molecule has 0 heterocycles. The molecule has 0 aromatic heterocycles. The molecule has 0 unspecified atom stereocenters. The third-order valence-electron chi connectivity index (χ3n) is 3.27. The van der Waals surface area contributed by atoms with Gasteiger partial charge in [0.2, 0.25) is 0 Å². The first kappa shape index (κ1) is 22.2. The Hall–Kier alpha value is -1.80. The summed E-state index contributed by atoms with van der Waals surface area (Å²) in [6, 6.07) is 7.51. The fourth-order valence-corrected chi connectivity index (χ4v) is 3.11. The Balaban J connectivity index is 3.14. The average Bonchev–Trinajstić information content (AvgIpc) is 2.54. The van der Waals surface area contributed by atoms with Crippen LogP contribution in [0.25, 0.3) is 6.08 Å². The summed E-state index contributed by atoms with van der Waals surface area (Å²) in [4.78, 5) is 12.7. The van der Waals surface area contributed by atoms with Gasteiger partial charge >= 0.3 is 5.97 Å². The van der Waals surface area contributed by atoms with E-state index in [1.807, 2.05) is 24.3 Å². The minimum absolute atomic E-state index is 0.339. The number of hydrogen-bond donors (Lipinski definition) is 0. The van der Waals surface area contributed by atoms with E-state index in [1.54, 1.807) is 13.2 Å². The minimum atomic E-state index is -1.52. The molecule has 0 aliphatic carbocycles. The van der Waals surface area contributed by atoms with E-state index in [9.17, 15) is 4.79 Å². The number of carbonyl (C=O) groups is 1. The first-order valence-corrected chi connectivity index (χ1v) is 16.2. The third kappa shape index (κ3) is 8.06. The highest BCUT2D eigenvalue weighted by Crippen LogP contribution is 2.24. The van der Waals surface area contributed by atoms with Gasteiger partial charge in [-0.15, -0.1) is 0 Å². The van der Waals surface area contributed by atoms with E-state index in [0.717, 1.165) is 5.56 Å². The Morgan fingerprint density at radius 1 is 1.00 bits per heavy atom. The van der Waals surface area contributed by atoms with Gasteiger partial charge in [0.25, 0.3) is 0 Å². The maximum atomic E-state index is 12.7. The average molecular weight is 393 g/mol. The molecule has 0 aliphatic heterocycles. The van der Waals surface area contributed by atoms with E-state index in [2.05, 4.69) is 45.9 Å². The van der Waals surface area contributed by atoms with Crippen molar-refractivity contribution in [3.05, 3.63) is 47.7 Å². The first-order valence-electron chi connectivity index (χ1n) is 8.77. The third-order valence-corrected chi connectivity index (χ3v) is 5.30. The summed E-state index contributed by atoms with van der Waals surface area (Å²) in [5.41, 5.74) is 1.12. The van der Waals surface area contributed by atoms with Gasteiger partial charge in [-0.2, -0.15) is 0 Å². The maximum absolute atomic E-state index is 12.7. The van der Waals surface area contributed by atoms with Gasteiger partial charge in [-0.25, -0.2) is 4.79 Å². The lowest BCUT2D eigenvalue weighted by atomic mass is 10.1. The number of para-hydroxylation sites is 1. The van der Waals surface area contributed by atoms with Crippen molar-refractivity contribution in [3.8, 4) is 5.75 Å². The molecule has 0 saturated heterocycles. The van der Waals surface area contributed by atoms with Crippen molar-refractivity contribution in [3.63, 3.8) is 0 Å². The standard InChI is InChI=1S/C20H32O4Si2/c1-16(23-14-25(3,4)5)18(20(21)24-15-26(6,7)8)13-17-11-9-10-12-19(17)22-2/h9-13H,1,14-15H2,2-8H3/b18-13-. The molecule has 0 spiro atoms. The Kier molecular flexibility index (Phi) is 7.90. The van der Waals surface area contributed by atoms with Crippen LogP contribution in [0, 0.1) is 0 Å². The highest BCUT2D eigenvalue weighted by Gasteiger charge is 2.23. The van der Waals surface area contributed by atoms with E-state index in [-0.39, 0.29) is 0 Å². The van der Waals surface area contributed by atoms with Crippen LogP contribution in [0.5, 0.6) is 5.75 Å². The molecule has 0 fully saturated rings. The monoisotopic (exact) mass is 392 g/mol. The summed E-state index contributed by atoms with van der Waals surface area (Å²) >= 11 is 0. The van der Waals surface area contributed by atoms with Gasteiger partial charge in [0.1, 0.15) is 17.1 Å². The van der Waals surface area contributed by atoms with Crippen molar-refractivity contribution >= 4 is 28.2 Å². The van der Waals surface area contributed by atoms with Gasteiger partial charge in [-0.3, -0.25) is 0 Å². The van der Waals surface area contributed by atoms with Crippen LogP contribution >= 0.6 is 0 Å². The van der Waals surface area contributed by atoms with Crippen LogP contribution in [0.4, 0.5) is 0 Å². The molecule has 1 rings (SSSR count). The number of ether oxygens (including phenoxy) is 3. The Bertz CT molecular complexity index is 635. The molecule has 0 amide bonds. The molecule has 144 valence electrons. The van der Waals surface area contributed by atoms with Crippen molar-refractivity contribution in [2.45, 2.75) is 39.3 Å². The number of benzene rings is 1. The first-order chi connectivity index (χ1) is 11.9. The SMILES string of the molecule is C=C(OC[Si](C)(C)C)/C(=C/c1ccccc1OC)C(=O)OC[Si](C)(C)C. The van der Waals surface area contributed by atoms with Crippen molar-refractivity contribution in [1.29, 1.82) is 0 Å². The minimum Gasteiger partial charge on any atom is -0.497 e. The van der Waals surface area contributed by atoms with Crippen LogP contribution in [0.1, 0.15) is 5.56 Å². The smallest absolute Gasteiger partial charge is 0.341 e. The molecule has 0 atom stereocenters. The summed E-state index contributed by atoms with van der Waals surface area (Å²) in [5, 5.41) is 0. The molecule has 6 heteroatoms. The zero-order valence-electron chi connectivity index (χ0n) is 17.1. The van der Waals surface area contributed by atoms with E-state index in [4.69, 9.17) is 14.2 Å². The quantitative estimate of drug-likeness (QED) is 0.197. The molecular weight excluding hydrogens is 360 g/mol. The zero-order valence-corrected chi connectivity index (χ0v) is 19.1. The van der Waals surface area contributed by atoms with Gasteiger partial charge < -0.3 is 14.2 Å². The molecule has 0 N–H and O–H groups in total. The van der Waals surface area contributed by atoms with E-state index in [1.165, 1.54) is 0 Å². The molecule has 0 radical (unpaired) electrons. The van der Waals surface area contributed by atoms with Crippen LogP contribution in [0.3, 0.4) is 0 Å². The Labute approximate surface area is 159 Å². The summed E-state index contributed by atoms with van der Waals surface area (Å²) < 4.78 is 16.8. The zero-order chi connectivity index (χ0) is 20.0. The molecule has 1 aromatic rings. The fraction of sp³-hybridized carbons (Fsp3) is 0.450. The molecule has 0 saturated carbocycles. The molecular formula is C20H32O4Si2. The Morgan fingerprint density at radius 3 is 2.08 bits per heavy atom. The second-order valence-electron chi connectivity index (χ2n) is 8.71. The number of hydrogen-bond acceptors (Lipinski definition) is 4. The van der Waals surface area contributed by atoms with E-state index in [0.29, 0.717) is 29.5 Å². The molecule has 1 aromatic carbocycles. The fourth-order valence-electron chi connectivity index (χ4n) is 1.94. The van der Waals surface area contributed by atoms with Crippen LogP contribution in [0.15, 0.2) is 42.2 Å². The number of rotatable bonds is 9. The molecule has 26 heavy (non-hydrogen) atoms. The van der Waals surface area contributed by atoms with Gasteiger partial charge in [0, 0.05) is 5.56 Å². The van der Waals surface area contributed by atoms with Gasteiger partial charge in [0.15, 0.2) is 0 Å². The number of methoxy groups -OCH3 is 1. The summed E-state index contributed by atoms with van der Waals surface area (Å²) in [6.07, 6.45) is 2.78. The lowest BCUT2D eigenvalue weighted by molar-refractivity contribution is -0.137. The lowest BCUT2D eigenvalue weighted by Gasteiger charge is -2.21.